The van der Waals surface area contributed by atoms with E-state index >= 15 is 0 Å². The predicted octanol–water partition coefficient (Wildman–Crippen LogP) is 1.99. The summed E-state index contributed by atoms with van der Waals surface area (Å²) in [4.78, 5) is 13.1. The van der Waals surface area contributed by atoms with Gasteiger partial charge in [0, 0.05) is 44.2 Å². The monoisotopic (exact) mass is 492 g/mol. The van der Waals surface area contributed by atoms with Crippen LogP contribution in [0.1, 0.15) is 0 Å². The third-order valence-corrected chi connectivity index (χ3v) is 6.23. The highest BCUT2D eigenvalue weighted by atomic mass is 16.7. The standard InChI is InChI=1S/C25H28N6O5/c1-33-22-11-18-20(27-15-28-25(18)29-19-3-2-4-21-24(19)36-16-35-21)12-23(22)34-14-17(32)13-31-9-7-30(6-5-26)8-10-31/h2-4,11-12,15,17,32H,6-10,13-14,16H2,1H3,(H,27,28,29). The number of aliphatic hydroxyl groups is 1. The number of nitrogens with zero attached hydrogens (tertiary/aromatic N) is 5. The van der Waals surface area contributed by atoms with Crippen LogP contribution in [0, 0.1) is 11.3 Å². The van der Waals surface area contributed by atoms with Crippen molar-refractivity contribution >= 4 is 22.4 Å². The number of benzene rings is 2. The molecule has 2 aliphatic rings. The largest absolute Gasteiger partial charge is 0.493 e. The van der Waals surface area contributed by atoms with Crippen molar-refractivity contribution in [2.75, 3.05) is 65.1 Å². The lowest BCUT2D eigenvalue weighted by atomic mass is 10.2. The fraction of sp³-hybridized carbons (Fsp3) is 0.400. The molecule has 0 amide bonds. The quantitative estimate of drug-likeness (QED) is 0.426. The fourth-order valence-electron chi connectivity index (χ4n) is 4.36. The first-order valence-electron chi connectivity index (χ1n) is 11.8. The van der Waals surface area contributed by atoms with Crippen molar-refractivity contribution in [2.24, 2.45) is 0 Å². The maximum Gasteiger partial charge on any atom is 0.231 e. The number of aromatic nitrogens is 2. The average Bonchev–Trinajstić information content (AvgIpc) is 3.38. The van der Waals surface area contributed by atoms with E-state index in [0.717, 1.165) is 37.3 Å². The first-order valence-corrected chi connectivity index (χ1v) is 11.8. The minimum Gasteiger partial charge on any atom is -0.493 e. The van der Waals surface area contributed by atoms with Crippen LogP contribution in [0.3, 0.4) is 0 Å². The zero-order chi connectivity index (χ0) is 24.9. The average molecular weight is 493 g/mol. The van der Waals surface area contributed by atoms with Crippen molar-refractivity contribution in [3.05, 3.63) is 36.7 Å². The van der Waals surface area contributed by atoms with E-state index in [2.05, 4.69) is 31.2 Å². The molecule has 11 nitrogen and oxygen atoms in total. The third kappa shape index (κ3) is 5.21. The minimum absolute atomic E-state index is 0.115. The Balaban J connectivity index is 1.27. The van der Waals surface area contributed by atoms with Crippen molar-refractivity contribution < 1.29 is 24.1 Å². The first kappa shape index (κ1) is 23.9. The molecule has 3 aromatic rings. The summed E-state index contributed by atoms with van der Waals surface area (Å²) in [5.41, 5.74) is 1.40. The van der Waals surface area contributed by atoms with Crippen molar-refractivity contribution in [3.8, 4) is 29.1 Å². The molecular formula is C25H28N6O5. The van der Waals surface area contributed by atoms with Crippen LogP contribution < -0.4 is 24.3 Å². The third-order valence-electron chi connectivity index (χ3n) is 6.23. The van der Waals surface area contributed by atoms with Gasteiger partial charge in [-0.3, -0.25) is 9.80 Å². The molecule has 1 unspecified atom stereocenters. The number of para-hydroxylation sites is 1. The lowest BCUT2D eigenvalue weighted by molar-refractivity contribution is 0.0478. The fourth-order valence-corrected chi connectivity index (χ4v) is 4.36. The van der Waals surface area contributed by atoms with Crippen LogP contribution >= 0.6 is 0 Å². The number of hydrogen-bond acceptors (Lipinski definition) is 11. The lowest BCUT2D eigenvalue weighted by Crippen LogP contribution is -2.49. The van der Waals surface area contributed by atoms with Gasteiger partial charge < -0.3 is 29.4 Å². The molecule has 0 aliphatic carbocycles. The van der Waals surface area contributed by atoms with E-state index in [1.807, 2.05) is 24.3 Å². The summed E-state index contributed by atoms with van der Waals surface area (Å²) < 4.78 is 22.6. The highest BCUT2D eigenvalue weighted by molar-refractivity contribution is 5.93. The number of anilines is 2. The van der Waals surface area contributed by atoms with Crippen LogP contribution in [0.2, 0.25) is 0 Å². The molecule has 0 saturated carbocycles. The van der Waals surface area contributed by atoms with Gasteiger partial charge in [-0.15, -0.1) is 0 Å². The molecule has 1 atom stereocenters. The Morgan fingerprint density at radius 1 is 1.14 bits per heavy atom. The van der Waals surface area contributed by atoms with Gasteiger partial charge in [-0.2, -0.15) is 5.26 Å². The van der Waals surface area contributed by atoms with Crippen molar-refractivity contribution in [1.29, 1.82) is 5.26 Å². The number of hydrogen-bond donors (Lipinski definition) is 2. The van der Waals surface area contributed by atoms with E-state index in [-0.39, 0.29) is 13.4 Å². The highest BCUT2D eigenvalue weighted by Gasteiger charge is 2.21. The van der Waals surface area contributed by atoms with E-state index in [9.17, 15) is 5.11 Å². The Bertz CT molecular complexity index is 1260. The molecule has 0 bridgehead atoms. The molecule has 1 aromatic heterocycles. The van der Waals surface area contributed by atoms with Crippen LogP contribution in [0.4, 0.5) is 11.5 Å². The van der Waals surface area contributed by atoms with E-state index in [1.165, 1.54) is 6.33 Å². The summed E-state index contributed by atoms with van der Waals surface area (Å²) in [5.74, 6) is 2.90. The molecule has 11 heteroatoms. The zero-order valence-corrected chi connectivity index (χ0v) is 20.0. The van der Waals surface area contributed by atoms with Crippen LogP contribution in [-0.4, -0.2) is 90.8 Å². The molecule has 3 heterocycles. The molecule has 0 radical (unpaired) electrons. The summed E-state index contributed by atoms with van der Waals surface area (Å²) in [6.45, 7) is 4.50. The second-order valence-electron chi connectivity index (χ2n) is 8.61. The highest BCUT2D eigenvalue weighted by Crippen LogP contribution is 2.41. The van der Waals surface area contributed by atoms with Crippen LogP contribution in [0.5, 0.6) is 23.0 Å². The van der Waals surface area contributed by atoms with E-state index < -0.39 is 6.10 Å². The summed E-state index contributed by atoms with van der Waals surface area (Å²) in [6, 6.07) is 11.4. The lowest BCUT2D eigenvalue weighted by Gasteiger charge is -2.34. The van der Waals surface area contributed by atoms with Crippen molar-refractivity contribution in [1.82, 2.24) is 19.8 Å². The van der Waals surface area contributed by atoms with Crippen LogP contribution in [0.15, 0.2) is 36.7 Å². The maximum atomic E-state index is 10.6. The Morgan fingerprint density at radius 2 is 1.97 bits per heavy atom. The summed E-state index contributed by atoms with van der Waals surface area (Å²) in [5, 5.41) is 23.5. The molecular weight excluding hydrogens is 464 g/mol. The van der Waals surface area contributed by atoms with E-state index in [1.54, 1.807) is 13.2 Å². The number of piperazine rings is 1. The Morgan fingerprint density at radius 3 is 2.78 bits per heavy atom. The van der Waals surface area contributed by atoms with Crippen LogP contribution in [-0.2, 0) is 0 Å². The molecule has 2 N–H and O–H groups in total. The summed E-state index contributed by atoms with van der Waals surface area (Å²) in [7, 11) is 1.57. The Labute approximate surface area is 208 Å². The van der Waals surface area contributed by atoms with Gasteiger partial charge in [0.2, 0.25) is 6.79 Å². The number of aliphatic hydroxyl groups excluding tert-OH is 1. The molecule has 1 saturated heterocycles. The second-order valence-corrected chi connectivity index (χ2v) is 8.61. The van der Waals surface area contributed by atoms with Gasteiger partial charge in [0.15, 0.2) is 23.0 Å². The molecule has 5 rings (SSSR count). The SMILES string of the molecule is COc1cc2c(Nc3cccc4c3OCO4)ncnc2cc1OCC(O)CN1CCN(CC#N)CC1. The first-order chi connectivity index (χ1) is 17.6. The molecule has 0 spiro atoms. The Hall–Kier alpha value is -3.85. The van der Waals surface area contributed by atoms with Gasteiger partial charge in [0.1, 0.15) is 24.9 Å². The van der Waals surface area contributed by atoms with Crippen molar-refractivity contribution in [3.63, 3.8) is 0 Å². The number of methoxy groups -OCH3 is 1. The number of fused-ring (bicyclic) bond motifs is 2. The predicted molar refractivity (Wildman–Crippen MR) is 132 cm³/mol. The molecule has 188 valence electrons. The van der Waals surface area contributed by atoms with Crippen molar-refractivity contribution in [2.45, 2.75) is 6.10 Å². The maximum absolute atomic E-state index is 10.6. The van der Waals surface area contributed by atoms with Gasteiger partial charge in [0.25, 0.3) is 0 Å². The number of nitriles is 1. The van der Waals surface area contributed by atoms with Crippen LogP contribution in [0.25, 0.3) is 10.9 Å². The summed E-state index contributed by atoms with van der Waals surface area (Å²) >= 11 is 0. The van der Waals surface area contributed by atoms with E-state index in [0.29, 0.717) is 47.4 Å². The summed E-state index contributed by atoms with van der Waals surface area (Å²) in [6.07, 6.45) is 0.806. The smallest absolute Gasteiger partial charge is 0.231 e. The van der Waals surface area contributed by atoms with Gasteiger partial charge in [-0.05, 0) is 18.2 Å². The van der Waals surface area contributed by atoms with E-state index in [4.69, 9.17) is 24.2 Å². The number of β-amino-alcohol motifs (C(OH)–C–C–N with tert-alkyl or cyclic N) is 1. The number of ether oxygens (including phenoxy) is 4. The molecule has 36 heavy (non-hydrogen) atoms. The van der Waals surface area contributed by atoms with Gasteiger partial charge in [0.05, 0.1) is 30.9 Å². The second kappa shape index (κ2) is 10.8. The van der Waals surface area contributed by atoms with Gasteiger partial charge >= 0.3 is 0 Å². The minimum atomic E-state index is -0.669. The number of nitrogens with one attached hydrogen (secondary N) is 1. The molecule has 2 aromatic carbocycles. The molecule has 2 aliphatic heterocycles. The number of rotatable bonds is 9. The Kier molecular flexibility index (Phi) is 7.18. The van der Waals surface area contributed by atoms with Gasteiger partial charge in [-0.25, -0.2) is 9.97 Å². The molecule has 1 fully saturated rings. The zero-order valence-electron chi connectivity index (χ0n) is 20.0. The normalized spacial score (nSPS) is 16.5. The topological polar surface area (TPSA) is 125 Å². The van der Waals surface area contributed by atoms with Gasteiger partial charge in [-0.1, -0.05) is 6.07 Å².